The van der Waals surface area contributed by atoms with Gasteiger partial charge in [-0.05, 0) is 43.7 Å². The van der Waals surface area contributed by atoms with E-state index < -0.39 is 47.8 Å². The zero-order chi connectivity index (χ0) is 22.5. The Bertz CT molecular complexity index is 1070. The summed E-state index contributed by atoms with van der Waals surface area (Å²) < 4.78 is 41.9. The molecule has 0 spiro atoms. The molecule has 1 saturated heterocycles. The van der Waals surface area contributed by atoms with Gasteiger partial charge in [-0.25, -0.2) is 0 Å². The van der Waals surface area contributed by atoms with E-state index in [-0.39, 0.29) is 5.69 Å². The minimum absolute atomic E-state index is 0.211. The van der Waals surface area contributed by atoms with Gasteiger partial charge in [0, 0.05) is 25.2 Å². The van der Waals surface area contributed by atoms with Gasteiger partial charge >= 0.3 is 6.18 Å². The number of aromatic hydroxyl groups is 1. The van der Waals surface area contributed by atoms with Gasteiger partial charge in [-0.2, -0.15) is 13.2 Å². The van der Waals surface area contributed by atoms with Crippen molar-refractivity contribution in [3.05, 3.63) is 63.6 Å². The number of alkyl halides is 3. The van der Waals surface area contributed by atoms with Crippen LogP contribution < -0.4 is 10.4 Å². The summed E-state index contributed by atoms with van der Waals surface area (Å²) in [6.07, 6.45) is -3.77. The lowest BCUT2D eigenvalue weighted by molar-refractivity contribution is -0.149. The highest BCUT2D eigenvalue weighted by atomic mass is 19.4. The number of piperidine rings is 1. The van der Waals surface area contributed by atoms with Crippen molar-refractivity contribution in [1.29, 1.82) is 0 Å². The van der Waals surface area contributed by atoms with Crippen molar-refractivity contribution in [2.75, 3.05) is 11.6 Å². The van der Waals surface area contributed by atoms with Crippen molar-refractivity contribution in [3.63, 3.8) is 0 Å². The van der Waals surface area contributed by atoms with E-state index in [9.17, 15) is 27.9 Å². The van der Waals surface area contributed by atoms with Crippen LogP contribution in [0.4, 0.5) is 13.2 Å². The molecule has 1 aromatic carbocycles. The first-order chi connectivity index (χ1) is 14.6. The largest absolute Gasteiger partial charge is 0.502 e. The number of halogens is 3. The molecule has 2 aliphatic rings. The van der Waals surface area contributed by atoms with E-state index in [2.05, 4.69) is 0 Å². The number of nitrogens with zero attached hydrogens (tertiary/aromatic N) is 3. The molecule has 2 aliphatic heterocycles. The summed E-state index contributed by atoms with van der Waals surface area (Å²) in [6.45, 7) is 3.92. The molecule has 1 amide bonds. The molecule has 3 heterocycles. The number of carbonyl (C=O) groups is 1. The smallest absolute Gasteiger partial charge is 0.389 e. The number of rotatable bonds is 3. The van der Waals surface area contributed by atoms with Crippen LogP contribution in [0.3, 0.4) is 0 Å². The highest BCUT2D eigenvalue weighted by Crippen LogP contribution is 2.46. The highest BCUT2D eigenvalue weighted by Gasteiger charge is 2.49. The van der Waals surface area contributed by atoms with Crippen LogP contribution in [0.15, 0.2) is 41.3 Å². The van der Waals surface area contributed by atoms with Crippen molar-refractivity contribution in [1.82, 2.24) is 9.58 Å². The normalized spacial score (nSPS) is 23.5. The fraction of sp³-hybridized carbons (Fsp3) is 0.455. The Morgan fingerprint density at radius 2 is 1.84 bits per heavy atom. The zero-order valence-corrected chi connectivity index (χ0v) is 17.3. The predicted octanol–water partition coefficient (Wildman–Crippen LogP) is 3.71. The van der Waals surface area contributed by atoms with Crippen molar-refractivity contribution >= 4 is 5.91 Å². The monoisotopic (exact) mass is 435 g/mol. The van der Waals surface area contributed by atoms with Crippen molar-refractivity contribution in [3.8, 4) is 5.75 Å². The lowest BCUT2D eigenvalue weighted by Crippen LogP contribution is -2.65. The fourth-order valence-electron chi connectivity index (χ4n) is 4.99. The lowest BCUT2D eigenvalue weighted by atomic mass is 9.80. The number of fused-ring (bicyclic) bond motifs is 3. The summed E-state index contributed by atoms with van der Waals surface area (Å²) in [5, 5.41) is 12.1. The Balaban J connectivity index is 1.96. The average molecular weight is 435 g/mol. The molecule has 4 rings (SSSR count). The Kier molecular flexibility index (Phi) is 5.23. The molecular weight excluding hydrogens is 411 g/mol. The summed E-state index contributed by atoms with van der Waals surface area (Å²) in [5.41, 5.74) is 0.658. The molecule has 9 heteroatoms. The van der Waals surface area contributed by atoms with E-state index in [4.69, 9.17) is 0 Å². The number of aryl methyl sites for hydroxylation is 1. The third kappa shape index (κ3) is 3.55. The molecule has 1 aromatic heterocycles. The summed E-state index contributed by atoms with van der Waals surface area (Å²) in [7, 11) is 0. The third-order valence-corrected chi connectivity index (χ3v) is 6.30. The van der Waals surface area contributed by atoms with Crippen LogP contribution >= 0.6 is 0 Å². The molecule has 6 nitrogen and oxygen atoms in total. The van der Waals surface area contributed by atoms with Gasteiger partial charge in [-0.3, -0.25) is 19.3 Å². The molecule has 1 N–H and O–H groups in total. The summed E-state index contributed by atoms with van der Waals surface area (Å²) in [5.74, 6) is -1.94. The van der Waals surface area contributed by atoms with Crippen LogP contribution in [0.2, 0.25) is 0 Å². The van der Waals surface area contributed by atoms with E-state index >= 15 is 0 Å². The van der Waals surface area contributed by atoms with Gasteiger partial charge < -0.3 is 10.0 Å². The number of carbonyl (C=O) groups excluding carboxylic acids is 1. The van der Waals surface area contributed by atoms with E-state index in [1.54, 1.807) is 24.1 Å². The number of pyridine rings is 1. The van der Waals surface area contributed by atoms with Crippen molar-refractivity contribution < 1.29 is 23.1 Å². The minimum Gasteiger partial charge on any atom is -0.502 e. The summed E-state index contributed by atoms with van der Waals surface area (Å²) >= 11 is 0. The second-order valence-corrected chi connectivity index (χ2v) is 8.13. The minimum atomic E-state index is -4.34. The maximum absolute atomic E-state index is 13.5. The quantitative estimate of drug-likeness (QED) is 0.799. The van der Waals surface area contributed by atoms with Crippen LogP contribution in [-0.4, -0.2) is 39.5 Å². The molecule has 0 radical (unpaired) electrons. The lowest BCUT2D eigenvalue weighted by Gasteiger charge is -2.55. The maximum Gasteiger partial charge on any atom is 0.389 e. The standard InChI is InChI=1S/C22H24F3N3O3/c1-3-26-17-9-8-14(12-22(23,24)25)18(15-7-5-4-6-13(15)2)28(17)27-11-10-16(29)20(30)19(27)21(26)31/h4-7,10-11,14,17-18,30H,3,8-9,12H2,1-2H3. The van der Waals surface area contributed by atoms with Crippen LogP contribution in [0.1, 0.15) is 53.8 Å². The molecule has 0 saturated carbocycles. The molecule has 0 bridgehead atoms. The van der Waals surface area contributed by atoms with Gasteiger partial charge in [0.25, 0.3) is 5.91 Å². The van der Waals surface area contributed by atoms with Gasteiger partial charge in [-0.1, -0.05) is 24.3 Å². The van der Waals surface area contributed by atoms with E-state index in [1.165, 1.54) is 15.8 Å². The zero-order valence-electron chi connectivity index (χ0n) is 17.3. The van der Waals surface area contributed by atoms with E-state index in [1.807, 2.05) is 19.1 Å². The maximum atomic E-state index is 13.5. The third-order valence-electron chi connectivity index (χ3n) is 6.30. The summed E-state index contributed by atoms with van der Waals surface area (Å²) in [6, 6.07) is 7.71. The number of hydrogen-bond donors (Lipinski definition) is 1. The highest BCUT2D eigenvalue weighted by molar-refractivity contribution is 5.96. The van der Waals surface area contributed by atoms with E-state index in [0.717, 1.165) is 17.2 Å². The topological polar surface area (TPSA) is 65.8 Å². The van der Waals surface area contributed by atoms with Gasteiger partial charge in [-0.15, -0.1) is 0 Å². The van der Waals surface area contributed by atoms with E-state index in [0.29, 0.717) is 19.4 Å². The predicted molar refractivity (Wildman–Crippen MR) is 108 cm³/mol. The Morgan fingerprint density at radius 3 is 2.48 bits per heavy atom. The molecule has 31 heavy (non-hydrogen) atoms. The average Bonchev–Trinajstić information content (AvgIpc) is 2.70. The molecular formula is C22H24F3N3O3. The number of amides is 1. The number of aromatic nitrogens is 1. The van der Waals surface area contributed by atoms with Crippen molar-refractivity contribution in [2.45, 2.75) is 51.5 Å². The Morgan fingerprint density at radius 1 is 1.13 bits per heavy atom. The first kappa shape index (κ1) is 21.3. The molecule has 0 aliphatic carbocycles. The Labute approximate surface area is 177 Å². The molecule has 2 aromatic rings. The van der Waals surface area contributed by atoms with Crippen LogP contribution in [-0.2, 0) is 0 Å². The molecule has 1 fully saturated rings. The molecule has 3 atom stereocenters. The van der Waals surface area contributed by atoms with Gasteiger partial charge in [0.1, 0.15) is 6.17 Å². The number of hydrogen-bond acceptors (Lipinski definition) is 4. The first-order valence-corrected chi connectivity index (χ1v) is 10.3. The van der Waals surface area contributed by atoms with Gasteiger partial charge in [0.15, 0.2) is 11.4 Å². The summed E-state index contributed by atoms with van der Waals surface area (Å²) in [4.78, 5) is 26.7. The van der Waals surface area contributed by atoms with Gasteiger partial charge in [0.05, 0.1) is 6.04 Å². The van der Waals surface area contributed by atoms with Crippen molar-refractivity contribution in [2.24, 2.45) is 5.92 Å². The molecule has 166 valence electrons. The number of benzene rings is 1. The Hall–Kier alpha value is -2.97. The molecule has 3 unspecified atom stereocenters. The second-order valence-electron chi connectivity index (χ2n) is 8.13. The van der Waals surface area contributed by atoms with Crippen LogP contribution in [0.5, 0.6) is 5.75 Å². The van der Waals surface area contributed by atoms with Crippen LogP contribution in [0.25, 0.3) is 0 Å². The van der Waals surface area contributed by atoms with Crippen LogP contribution in [0, 0.1) is 12.8 Å². The van der Waals surface area contributed by atoms with Gasteiger partial charge in [0.2, 0.25) is 5.43 Å². The second kappa shape index (κ2) is 7.62. The first-order valence-electron chi connectivity index (χ1n) is 10.3. The fourth-order valence-corrected chi connectivity index (χ4v) is 4.99. The SMILES string of the molecule is CCN1C(=O)c2c(O)c(=O)ccn2N2C(c3ccccc3C)C(CC(F)(F)F)CCC12.